The van der Waals surface area contributed by atoms with E-state index in [2.05, 4.69) is 19.9 Å². The molecule has 0 unspecified atom stereocenters. The van der Waals surface area contributed by atoms with Gasteiger partial charge in [-0.05, 0) is 68.8 Å². The van der Waals surface area contributed by atoms with E-state index in [1.54, 1.807) is 26.8 Å². The minimum Gasteiger partial charge on any atom is -0.469 e. The first-order valence-corrected chi connectivity index (χ1v) is 12.4. The highest BCUT2D eigenvalue weighted by molar-refractivity contribution is 5.85. The van der Waals surface area contributed by atoms with Gasteiger partial charge < -0.3 is 20.1 Å². The molecule has 0 aliphatic carbocycles. The Kier molecular flexibility index (Phi) is 6.92. The number of nitrogens with two attached hydrogens (primary N) is 1. The van der Waals surface area contributed by atoms with Gasteiger partial charge in [-0.1, -0.05) is 12.1 Å². The molecular weight excluding hydrogens is 521 g/mol. The van der Waals surface area contributed by atoms with Crippen LogP contribution in [0, 0.1) is 12.7 Å². The van der Waals surface area contributed by atoms with Crippen molar-refractivity contribution in [1.82, 2.24) is 24.5 Å². The maximum Gasteiger partial charge on any atom is 0.280 e. The van der Waals surface area contributed by atoms with Gasteiger partial charge in [0.1, 0.15) is 23.9 Å². The molecule has 2 aromatic carbocycles. The van der Waals surface area contributed by atoms with E-state index in [0.29, 0.717) is 39.3 Å². The number of nitrogens with zero attached hydrogens (tertiary/aromatic N) is 5. The average Bonchev–Trinajstić information content (AvgIpc) is 3.22. The van der Waals surface area contributed by atoms with Gasteiger partial charge in [0, 0.05) is 23.9 Å². The number of benzene rings is 2. The first-order chi connectivity index (χ1) is 18.9. The van der Waals surface area contributed by atoms with E-state index >= 15 is 0 Å². The Bertz CT molecular complexity index is 1710. The molecule has 3 aromatic heterocycles. The average molecular weight is 549 g/mol. The van der Waals surface area contributed by atoms with Crippen LogP contribution in [0.1, 0.15) is 43.0 Å². The van der Waals surface area contributed by atoms with Crippen LogP contribution in [0.4, 0.5) is 19.1 Å². The second-order valence-electron chi connectivity index (χ2n) is 9.95. The van der Waals surface area contributed by atoms with Crippen molar-refractivity contribution in [1.29, 1.82) is 0 Å². The van der Waals surface area contributed by atoms with Gasteiger partial charge in [-0.25, -0.2) is 23.1 Å². The molecule has 40 heavy (non-hydrogen) atoms. The van der Waals surface area contributed by atoms with Gasteiger partial charge in [0.2, 0.25) is 11.8 Å². The molecule has 0 aliphatic rings. The van der Waals surface area contributed by atoms with Crippen LogP contribution in [0.5, 0.6) is 5.88 Å². The van der Waals surface area contributed by atoms with Crippen molar-refractivity contribution in [2.75, 3.05) is 5.73 Å². The summed E-state index contributed by atoms with van der Waals surface area (Å²) in [5, 5.41) is 10.7. The minimum atomic E-state index is -2.81. The molecule has 3 N–H and O–H groups in total. The highest BCUT2D eigenvalue weighted by Crippen LogP contribution is 2.39. The second kappa shape index (κ2) is 10.2. The van der Waals surface area contributed by atoms with Crippen molar-refractivity contribution in [2.45, 2.75) is 39.4 Å². The highest BCUT2D eigenvalue weighted by Gasteiger charge is 2.24. The number of aromatic nitrogens is 5. The van der Waals surface area contributed by atoms with Crippen LogP contribution in [0.15, 0.2) is 54.6 Å². The van der Waals surface area contributed by atoms with Gasteiger partial charge in [-0.3, -0.25) is 4.98 Å². The number of aliphatic hydroxyl groups is 1. The normalized spacial score (nSPS) is 11.9. The fourth-order valence-electron chi connectivity index (χ4n) is 4.66. The summed E-state index contributed by atoms with van der Waals surface area (Å²) in [6.07, 6.45) is -2.81. The molecule has 0 atom stereocenters. The lowest BCUT2D eigenvalue weighted by atomic mass is 9.97. The monoisotopic (exact) mass is 548 g/mol. The van der Waals surface area contributed by atoms with E-state index in [1.165, 1.54) is 30.3 Å². The number of hydrogen-bond acceptors (Lipinski definition) is 7. The predicted octanol–water partition coefficient (Wildman–Crippen LogP) is 5.87. The minimum absolute atomic E-state index is 0.0346. The van der Waals surface area contributed by atoms with Gasteiger partial charge in [-0.2, -0.15) is 4.98 Å². The summed E-state index contributed by atoms with van der Waals surface area (Å²) in [5.41, 5.74) is 8.40. The van der Waals surface area contributed by atoms with Gasteiger partial charge in [-0.15, -0.1) is 0 Å². The number of para-hydroxylation sites is 1. The predicted molar refractivity (Wildman–Crippen MR) is 145 cm³/mol. The third-order valence-corrected chi connectivity index (χ3v) is 6.48. The van der Waals surface area contributed by atoms with Crippen molar-refractivity contribution in [3.63, 3.8) is 0 Å². The molecule has 0 aliphatic heterocycles. The Morgan fingerprint density at radius 2 is 1.73 bits per heavy atom. The molecule has 0 saturated carbocycles. The smallest absolute Gasteiger partial charge is 0.280 e. The number of fused-ring (bicyclic) bond motifs is 1. The van der Waals surface area contributed by atoms with Crippen LogP contribution in [-0.4, -0.2) is 29.6 Å². The molecule has 0 fully saturated rings. The summed E-state index contributed by atoms with van der Waals surface area (Å²) in [5.74, 6) is -0.00664. The maximum absolute atomic E-state index is 13.7. The number of nitrogen functional groups attached to an aromatic ring is 1. The Hall–Kier alpha value is -4.51. The number of alkyl halides is 2. The molecule has 0 radical (unpaired) electrons. The molecule has 0 amide bonds. The Morgan fingerprint density at radius 3 is 2.40 bits per heavy atom. The van der Waals surface area contributed by atoms with Crippen LogP contribution < -0.4 is 10.5 Å². The van der Waals surface area contributed by atoms with Crippen LogP contribution >= 0.6 is 0 Å². The number of ether oxygens (including phenoxy) is 1. The summed E-state index contributed by atoms with van der Waals surface area (Å²) in [4.78, 5) is 17.3. The third kappa shape index (κ3) is 5.20. The number of halogens is 3. The molecule has 3 heterocycles. The van der Waals surface area contributed by atoms with Crippen LogP contribution in [0.2, 0.25) is 0 Å². The molecular formula is C29H27F3N6O2. The first kappa shape index (κ1) is 27.1. The Balaban J connectivity index is 1.65. The lowest BCUT2D eigenvalue weighted by molar-refractivity contribution is 0.0798. The van der Waals surface area contributed by atoms with Crippen LogP contribution in [0.3, 0.4) is 0 Å². The topological polar surface area (TPSA) is 112 Å². The van der Waals surface area contributed by atoms with Crippen molar-refractivity contribution >= 4 is 17.0 Å². The van der Waals surface area contributed by atoms with Crippen molar-refractivity contribution < 1.29 is 23.0 Å². The first-order valence-electron chi connectivity index (χ1n) is 12.4. The standard InChI is InChI=1S/C29H27F3N6O2/c1-15-12-17(13-21(34-15)26(31)32)23-24(16-8-10-18(30)11-9-16)36-28(33)37-27(23)40-14-22-35-20-7-5-6-19(29(2,3)39)25(20)38(22)4/h5-13,26,39H,14H2,1-4H3,(H2,33,36,37). The SMILES string of the molecule is Cc1cc(-c2c(OCc3nc4cccc(C(C)(C)O)c4n3C)nc(N)nc2-c2ccc(F)cc2)cc(C(F)F)n1. The summed E-state index contributed by atoms with van der Waals surface area (Å²) < 4.78 is 49.1. The van der Waals surface area contributed by atoms with Crippen molar-refractivity contribution in [2.24, 2.45) is 7.05 Å². The third-order valence-electron chi connectivity index (χ3n) is 6.48. The quantitative estimate of drug-likeness (QED) is 0.262. The van der Waals surface area contributed by atoms with Crippen molar-refractivity contribution in [3.8, 4) is 28.3 Å². The van der Waals surface area contributed by atoms with Crippen molar-refractivity contribution in [3.05, 3.63) is 83.2 Å². The van der Waals surface area contributed by atoms with Crippen LogP contribution in [-0.2, 0) is 19.3 Å². The molecule has 11 heteroatoms. The number of rotatable bonds is 7. The Labute approximate surface area is 228 Å². The number of pyridine rings is 1. The fraction of sp³-hybridized carbons (Fsp3) is 0.241. The van der Waals surface area contributed by atoms with Gasteiger partial charge >= 0.3 is 0 Å². The zero-order valence-corrected chi connectivity index (χ0v) is 22.3. The summed E-state index contributed by atoms with van der Waals surface area (Å²) in [6, 6.07) is 13.9. The Morgan fingerprint density at radius 1 is 1.00 bits per heavy atom. The molecule has 206 valence electrons. The lowest BCUT2D eigenvalue weighted by Gasteiger charge is -2.19. The highest BCUT2D eigenvalue weighted by atomic mass is 19.3. The van der Waals surface area contributed by atoms with E-state index in [-0.39, 0.29) is 24.1 Å². The van der Waals surface area contributed by atoms with E-state index < -0.39 is 23.5 Å². The molecule has 5 aromatic rings. The summed E-state index contributed by atoms with van der Waals surface area (Å²) >= 11 is 0. The summed E-state index contributed by atoms with van der Waals surface area (Å²) in [6.45, 7) is 4.93. The maximum atomic E-state index is 13.7. The number of hydrogen-bond donors (Lipinski definition) is 2. The molecule has 8 nitrogen and oxygen atoms in total. The summed E-state index contributed by atoms with van der Waals surface area (Å²) in [7, 11) is 1.81. The van der Waals surface area contributed by atoms with Crippen LogP contribution in [0.25, 0.3) is 33.4 Å². The van der Waals surface area contributed by atoms with E-state index in [4.69, 9.17) is 10.5 Å². The molecule has 0 spiro atoms. The van der Waals surface area contributed by atoms with E-state index in [9.17, 15) is 18.3 Å². The molecule has 0 saturated heterocycles. The molecule has 0 bridgehead atoms. The zero-order chi connectivity index (χ0) is 28.8. The second-order valence-corrected chi connectivity index (χ2v) is 9.95. The number of anilines is 1. The number of imidazole rings is 1. The molecule has 5 rings (SSSR count). The number of aryl methyl sites for hydroxylation is 2. The van der Waals surface area contributed by atoms with Gasteiger partial charge in [0.15, 0.2) is 0 Å². The van der Waals surface area contributed by atoms with E-state index in [0.717, 1.165) is 5.52 Å². The largest absolute Gasteiger partial charge is 0.469 e. The van der Waals surface area contributed by atoms with E-state index in [1.807, 2.05) is 29.8 Å². The van der Waals surface area contributed by atoms with Gasteiger partial charge in [0.05, 0.1) is 27.9 Å². The zero-order valence-electron chi connectivity index (χ0n) is 22.3. The lowest BCUT2D eigenvalue weighted by Crippen LogP contribution is -2.17. The van der Waals surface area contributed by atoms with Gasteiger partial charge in [0.25, 0.3) is 6.43 Å². The fourth-order valence-corrected chi connectivity index (χ4v) is 4.66.